The van der Waals surface area contributed by atoms with Crippen LogP contribution in [0.15, 0.2) is 6.20 Å². The summed E-state index contributed by atoms with van der Waals surface area (Å²) in [5.41, 5.74) is 1.11. The zero-order chi connectivity index (χ0) is 9.14. The van der Waals surface area contributed by atoms with Crippen LogP contribution in [0, 0.1) is 6.92 Å². The number of imidazole rings is 1. The first-order chi connectivity index (χ1) is 5.59. The minimum Gasteiger partial charge on any atom is -0.338 e. The van der Waals surface area contributed by atoms with Crippen molar-refractivity contribution in [3.05, 3.63) is 17.7 Å². The minimum absolute atomic E-state index is 0.521. The lowest BCUT2D eigenvalue weighted by molar-refractivity contribution is 0.582. The average molecular weight is 167 g/mol. The van der Waals surface area contributed by atoms with Crippen LogP contribution in [0.2, 0.25) is 0 Å². The van der Waals surface area contributed by atoms with Crippen molar-refractivity contribution in [2.24, 2.45) is 7.05 Å². The van der Waals surface area contributed by atoms with E-state index in [4.69, 9.17) is 0 Å². The van der Waals surface area contributed by atoms with Gasteiger partial charge in [0.2, 0.25) is 0 Å². The van der Waals surface area contributed by atoms with E-state index >= 15 is 0 Å². The third kappa shape index (κ3) is 2.34. The number of rotatable bonds is 3. The van der Waals surface area contributed by atoms with E-state index in [1.165, 1.54) is 0 Å². The van der Waals surface area contributed by atoms with E-state index in [0.29, 0.717) is 6.04 Å². The van der Waals surface area contributed by atoms with Gasteiger partial charge in [-0.15, -0.1) is 0 Å². The van der Waals surface area contributed by atoms with Crippen LogP contribution in [-0.2, 0) is 13.6 Å². The van der Waals surface area contributed by atoms with Gasteiger partial charge in [-0.3, -0.25) is 0 Å². The Morgan fingerprint density at radius 2 is 2.25 bits per heavy atom. The topological polar surface area (TPSA) is 29.9 Å². The first kappa shape index (κ1) is 9.26. The first-order valence-corrected chi connectivity index (χ1v) is 4.32. The number of aryl methyl sites for hydroxylation is 2. The molecule has 0 bridgehead atoms. The largest absolute Gasteiger partial charge is 0.338 e. The van der Waals surface area contributed by atoms with Gasteiger partial charge in [-0.1, -0.05) is 13.8 Å². The van der Waals surface area contributed by atoms with Gasteiger partial charge in [-0.25, -0.2) is 4.98 Å². The molecule has 0 radical (unpaired) electrons. The molecule has 3 heteroatoms. The maximum atomic E-state index is 4.38. The van der Waals surface area contributed by atoms with Gasteiger partial charge in [-0.05, 0) is 6.92 Å². The second kappa shape index (κ2) is 3.72. The van der Waals surface area contributed by atoms with E-state index in [1.807, 2.05) is 18.5 Å². The average Bonchev–Trinajstić information content (AvgIpc) is 2.28. The lowest BCUT2D eigenvalue weighted by Crippen LogP contribution is -2.21. The van der Waals surface area contributed by atoms with Crippen LogP contribution < -0.4 is 5.32 Å². The quantitative estimate of drug-likeness (QED) is 0.733. The number of nitrogens with zero attached hydrogens (tertiary/aromatic N) is 2. The van der Waals surface area contributed by atoms with Crippen LogP contribution in [0.4, 0.5) is 0 Å². The molecule has 3 nitrogen and oxygen atoms in total. The minimum atomic E-state index is 0.521. The van der Waals surface area contributed by atoms with E-state index in [1.54, 1.807) is 0 Å². The molecule has 0 amide bonds. The Hall–Kier alpha value is -0.830. The van der Waals surface area contributed by atoms with E-state index in [-0.39, 0.29) is 0 Å². The van der Waals surface area contributed by atoms with Crippen molar-refractivity contribution in [3.8, 4) is 0 Å². The summed E-state index contributed by atoms with van der Waals surface area (Å²) < 4.78 is 2.04. The molecule has 0 saturated heterocycles. The SMILES string of the molecule is Cc1nc(CNC(C)C)cn1C. The maximum Gasteiger partial charge on any atom is 0.105 e. The molecular formula is C9H17N3. The van der Waals surface area contributed by atoms with Gasteiger partial charge in [0.15, 0.2) is 0 Å². The van der Waals surface area contributed by atoms with Crippen molar-refractivity contribution in [1.29, 1.82) is 0 Å². The van der Waals surface area contributed by atoms with Crippen LogP contribution in [0.3, 0.4) is 0 Å². The highest BCUT2D eigenvalue weighted by Crippen LogP contribution is 1.99. The highest BCUT2D eigenvalue weighted by molar-refractivity contribution is 5.01. The summed E-state index contributed by atoms with van der Waals surface area (Å²) >= 11 is 0. The summed E-state index contributed by atoms with van der Waals surface area (Å²) in [4.78, 5) is 4.38. The number of nitrogens with one attached hydrogen (secondary N) is 1. The van der Waals surface area contributed by atoms with Crippen molar-refractivity contribution in [1.82, 2.24) is 14.9 Å². The normalized spacial score (nSPS) is 11.1. The highest BCUT2D eigenvalue weighted by Gasteiger charge is 2.00. The third-order valence-electron chi connectivity index (χ3n) is 1.85. The molecule has 0 unspecified atom stereocenters. The Balaban J connectivity index is 2.53. The fourth-order valence-corrected chi connectivity index (χ4v) is 1.03. The molecule has 1 N–H and O–H groups in total. The van der Waals surface area contributed by atoms with Gasteiger partial charge in [0.05, 0.1) is 5.69 Å². The van der Waals surface area contributed by atoms with Crippen molar-refractivity contribution >= 4 is 0 Å². The van der Waals surface area contributed by atoms with Gasteiger partial charge in [-0.2, -0.15) is 0 Å². The molecule has 0 atom stereocenters. The molecule has 1 rings (SSSR count). The lowest BCUT2D eigenvalue weighted by atomic mass is 10.3. The molecule has 0 aliphatic carbocycles. The standard InChI is InChI=1S/C9H17N3/c1-7(2)10-5-9-6-12(4)8(3)11-9/h6-7,10H,5H2,1-4H3. The molecule has 1 aromatic heterocycles. The zero-order valence-electron chi connectivity index (χ0n) is 8.26. The Morgan fingerprint density at radius 1 is 1.58 bits per heavy atom. The first-order valence-electron chi connectivity index (χ1n) is 4.32. The predicted octanol–water partition coefficient (Wildman–Crippen LogP) is 1.23. The molecule has 1 aromatic rings. The Bertz CT molecular complexity index is 231. The van der Waals surface area contributed by atoms with Gasteiger partial charge < -0.3 is 9.88 Å². The molecule has 12 heavy (non-hydrogen) atoms. The van der Waals surface area contributed by atoms with E-state index in [0.717, 1.165) is 18.1 Å². The van der Waals surface area contributed by atoms with Crippen molar-refractivity contribution in [3.63, 3.8) is 0 Å². The van der Waals surface area contributed by atoms with Gasteiger partial charge >= 0.3 is 0 Å². The van der Waals surface area contributed by atoms with Crippen LogP contribution >= 0.6 is 0 Å². The van der Waals surface area contributed by atoms with Crippen molar-refractivity contribution in [2.45, 2.75) is 33.4 Å². The van der Waals surface area contributed by atoms with Crippen LogP contribution in [0.5, 0.6) is 0 Å². The van der Waals surface area contributed by atoms with E-state index < -0.39 is 0 Å². The van der Waals surface area contributed by atoms with Crippen LogP contribution in [0.25, 0.3) is 0 Å². The van der Waals surface area contributed by atoms with E-state index in [9.17, 15) is 0 Å². The monoisotopic (exact) mass is 167 g/mol. The molecule has 1 heterocycles. The fraction of sp³-hybridized carbons (Fsp3) is 0.667. The summed E-state index contributed by atoms with van der Waals surface area (Å²) in [5.74, 6) is 1.07. The molecule has 0 fully saturated rings. The Morgan fingerprint density at radius 3 is 2.67 bits per heavy atom. The summed E-state index contributed by atoms with van der Waals surface area (Å²) in [6.45, 7) is 7.14. The zero-order valence-corrected chi connectivity index (χ0v) is 8.26. The summed E-state index contributed by atoms with van der Waals surface area (Å²) in [7, 11) is 2.02. The highest BCUT2D eigenvalue weighted by atomic mass is 15.1. The van der Waals surface area contributed by atoms with Crippen LogP contribution in [-0.4, -0.2) is 15.6 Å². The molecule has 0 aliphatic heterocycles. The molecular weight excluding hydrogens is 150 g/mol. The fourth-order valence-electron chi connectivity index (χ4n) is 1.03. The molecule has 0 saturated carbocycles. The summed E-state index contributed by atoms with van der Waals surface area (Å²) in [6, 6.07) is 0.521. The van der Waals surface area contributed by atoms with Gasteiger partial charge in [0.25, 0.3) is 0 Å². The molecule has 0 aliphatic rings. The third-order valence-corrected chi connectivity index (χ3v) is 1.85. The number of aromatic nitrogens is 2. The van der Waals surface area contributed by atoms with E-state index in [2.05, 4.69) is 30.3 Å². The van der Waals surface area contributed by atoms with Crippen molar-refractivity contribution < 1.29 is 0 Å². The van der Waals surface area contributed by atoms with Gasteiger partial charge in [0.1, 0.15) is 5.82 Å². The second-order valence-electron chi connectivity index (χ2n) is 3.43. The second-order valence-corrected chi connectivity index (χ2v) is 3.43. The summed E-state index contributed by atoms with van der Waals surface area (Å²) in [5, 5.41) is 3.33. The molecule has 0 aromatic carbocycles. The molecule has 68 valence electrons. The number of hydrogen-bond acceptors (Lipinski definition) is 2. The maximum absolute atomic E-state index is 4.38. The van der Waals surface area contributed by atoms with Crippen LogP contribution in [0.1, 0.15) is 25.4 Å². The molecule has 0 spiro atoms. The summed E-state index contributed by atoms with van der Waals surface area (Å²) in [6.07, 6.45) is 2.06. The number of hydrogen-bond donors (Lipinski definition) is 1. The van der Waals surface area contributed by atoms with Gasteiger partial charge in [0, 0.05) is 25.8 Å². The Kier molecular flexibility index (Phi) is 2.87. The predicted molar refractivity (Wildman–Crippen MR) is 49.9 cm³/mol. The smallest absolute Gasteiger partial charge is 0.105 e. The van der Waals surface area contributed by atoms with Crippen molar-refractivity contribution in [2.75, 3.05) is 0 Å². The Labute approximate surface area is 73.8 Å². The lowest BCUT2D eigenvalue weighted by Gasteiger charge is -2.04.